The Balaban J connectivity index is 1.50. The Labute approximate surface area is 207 Å². The van der Waals surface area contributed by atoms with Crippen LogP contribution in [0, 0.1) is 0 Å². The zero-order valence-electron chi connectivity index (χ0n) is 20.0. The number of allylic oxidation sites excluding steroid dienone is 1. The van der Waals surface area contributed by atoms with Gasteiger partial charge in [0.25, 0.3) is 5.91 Å². The van der Waals surface area contributed by atoms with Crippen LogP contribution in [0.15, 0.2) is 72.8 Å². The Bertz CT molecular complexity index is 1330. The summed E-state index contributed by atoms with van der Waals surface area (Å²) in [5.41, 5.74) is 2.58. The van der Waals surface area contributed by atoms with Gasteiger partial charge in [-0.3, -0.25) is 9.59 Å². The second-order valence-electron chi connectivity index (χ2n) is 9.24. The standard InChI is InChI=1S/C28H25F3N2O3/c1-27(2)16-19-8-13-22(36-3)14-23(19)24(33-27)15-25(34)17-6-11-21(12-7-17)32-26(35)18-4-9-20(10-5-18)28(29,30)31/h4-15,33H,16H2,1-3H3,(H,32,35)/b24-15-. The van der Waals surface area contributed by atoms with Crippen molar-refractivity contribution in [2.75, 3.05) is 12.4 Å². The molecule has 0 aliphatic carbocycles. The molecule has 0 spiro atoms. The summed E-state index contributed by atoms with van der Waals surface area (Å²) in [4.78, 5) is 25.4. The summed E-state index contributed by atoms with van der Waals surface area (Å²) < 4.78 is 43.5. The van der Waals surface area contributed by atoms with Crippen molar-refractivity contribution in [2.24, 2.45) is 0 Å². The van der Waals surface area contributed by atoms with E-state index in [-0.39, 0.29) is 16.9 Å². The van der Waals surface area contributed by atoms with E-state index in [2.05, 4.69) is 24.5 Å². The molecule has 2 N–H and O–H groups in total. The first-order valence-electron chi connectivity index (χ1n) is 11.3. The average molecular weight is 495 g/mol. The van der Waals surface area contributed by atoms with Gasteiger partial charge in [-0.05, 0) is 86.5 Å². The zero-order chi connectivity index (χ0) is 26.1. The average Bonchev–Trinajstić information content (AvgIpc) is 2.83. The van der Waals surface area contributed by atoms with Crippen LogP contribution in [-0.2, 0) is 12.6 Å². The molecule has 0 fully saturated rings. The van der Waals surface area contributed by atoms with Gasteiger partial charge in [-0.2, -0.15) is 13.2 Å². The Hall–Kier alpha value is -4.07. The molecule has 3 aromatic rings. The molecule has 0 saturated heterocycles. The summed E-state index contributed by atoms with van der Waals surface area (Å²) in [7, 11) is 1.59. The summed E-state index contributed by atoms with van der Waals surface area (Å²) in [6.45, 7) is 4.12. The van der Waals surface area contributed by atoms with Crippen LogP contribution < -0.4 is 15.4 Å². The highest BCUT2D eigenvalue weighted by molar-refractivity contribution is 6.09. The number of nitrogens with one attached hydrogen (secondary N) is 2. The third-order valence-electron chi connectivity index (χ3n) is 5.89. The van der Waals surface area contributed by atoms with Crippen LogP contribution in [-0.4, -0.2) is 24.3 Å². The molecule has 5 nitrogen and oxygen atoms in total. The van der Waals surface area contributed by atoms with Gasteiger partial charge in [-0.25, -0.2) is 0 Å². The van der Waals surface area contributed by atoms with Crippen molar-refractivity contribution in [3.05, 3.63) is 101 Å². The number of ketones is 1. The lowest BCUT2D eigenvalue weighted by Crippen LogP contribution is -2.43. The number of carbonyl (C=O) groups excluding carboxylic acids is 2. The molecule has 1 heterocycles. The second-order valence-corrected chi connectivity index (χ2v) is 9.24. The molecular formula is C28H25F3N2O3. The predicted molar refractivity (Wildman–Crippen MR) is 132 cm³/mol. The maximum Gasteiger partial charge on any atom is 0.416 e. The summed E-state index contributed by atoms with van der Waals surface area (Å²) in [5, 5.41) is 6.05. The Morgan fingerprint density at radius 3 is 2.22 bits per heavy atom. The van der Waals surface area contributed by atoms with Crippen LogP contribution >= 0.6 is 0 Å². The van der Waals surface area contributed by atoms with Gasteiger partial charge in [-0.15, -0.1) is 0 Å². The molecule has 0 unspecified atom stereocenters. The largest absolute Gasteiger partial charge is 0.497 e. The number of fused-ring (bicyclic) bond motifs is 1. The number of hydrogen-bond donors (Lipinski definition) is 2. The minimum atomic E-state index is -4.47. The first-order valence-corrected chi connectivity index (χ1v) is 11.3. The normalized spacial score (nSPS) is 15.6. The number of ether oxygens (including phenoxy) is 1. The van der Waals surface area contributed by atoms with Crippen molar-refractivity contribution in [1.29, 1.82) is 0 Å². The molecule has 1 aliphatic rings. The molecule has 4 rings (SSSR count). The summed E-state index contributed by atoms with van der Waals surface area (Å²) in [6.07, 6.45) is -2.12. The van der Waals surface area contributed by atoms with E-state index in [1.807, 2.05) is 18.2 Å². The lowest BCUT2D eigenvalue weighted by Gasteiger charge is -2.35. The highest BCUT2D eigenvalue weighted by Gasteiger charge is 2.30. The molecule has 0 bridgehead atoms. The van der Waals surface area contributed by atoms with Gasteiger partial charge in [0.1, 0.15) is 5.75 Å². The third kappa shape index (κ3) is 5.59. The van der Waals surface area contributed by atoms with Crippen LogP contribution in [0.2, 0.25) is 0 Å². The highest BCUT2D eigenvalue weighted by atomic mass is 19.4. The molecule has 3 aromatic carbocycles. The van der Waals surface area contributed by atoms with Gasteiger partial charge in [0.2, 0.25) is 0 Å². The van der Waals surface area contributed by atoms with Crippen molar-refractivity contribution in [1.82, 2.24) is 5.32 Å². The maximum absolute atomic E-state index is 13.0. The number of rotatable bonds is 5. The van der Waals surface area contributed by atoms with Crippen molar-refractivity contribution >= 4 is 23.1 Å². The summed E-state index contributed by atoms with van der Waals surface area (Å²) in [5.74, 6) is -0.0737. The van der Waals surface area contributed by atoms with E-state index >= 15 is 0 Å². The minimum Gasteiger partial charge on any atom is -0.497 e. The number of hydrogen-bond acceptors (Lipinski definition) is 4. The van der Waals surface area contributed by atoms with Gasteiger partial charge in [0.05, 0.1) is 12.7 Å². The van der Waals surface area contributed by atoms with Crippen LogP contribution in [0.3, 0.4) is 0 Å². The molecule has 36 heavy (non-hydrogen) atoms. The highest BCUT2D eigenvalue weighted by Crippen LogP contribution is 2.33. The van der Waals surface area contributed by atoms with Gasteiger partial charge in [0, 0.05) is 39.7 Å². The Morgan fingerprint density at radius 1 is 0.972 bits per heavy atom. The summed E-state index contributed by atoms with van der Waals surface area (Å²) in [6, 6.07) is 16.1. The quantitative estimate of drug-likeness (QED) is 0.332. The van der Waals surface area contributed by atoms with E-state index in [4.69, 9.17) is 4.74 Å². The van der Waals surface area contributed by atoms with Gasteiger partial charge in [0.15, 0.2) is 5.78 Å². The maximum atomic E-state index is 13.0. The minimum absolute atomic E-state index is 0.0907. The molecule has 8 heteroatoms. The zero-order valence-corrected chi connectivity index (χ0v) is 20.0. The van der Waals surface area contributed by atoms with E-state index in [9.17, 15) is 22.8 Å². The molecule has 0 atom stereocenters. The van der Waals surface area contributed by atoms with Gasteiger partial charge < -0.3 is 15.4 Å². The van der Waals surface area contributed by atoms with Crippen molar-refractivity contribution < 1.29 is 27.5 Å². The number of amides is 1. The number of benzene rings is 3. The van der Waals surface area contributed by atoms with E-state index < -0.39 is 17.6 Å². The van der Waals surface area contributed by atoms with Crippen LogP contribution in [0.5, 0.6) is 5.75 Å². The molecule has 0 aromatic heterocycles. The molecule has 186 valence electrons. The van der Waals surface area contributed by atoms with Crippen LogP contribution in [0.1, 0.15) is 51.3 Å². The van der Waals surface area contributed by atoms with Crippen LogP contribution in [0.25, 0.3) is 5.70 Å². The first-order chi connectivity index (χ1) is 16.9. The van der Waals surface area contributed by atoms with Crippen LogP contribution in [0.4, 0.5) is 18.9 Å². The number of methoxy groups -OCH3 is 1. The topological polar surface area (TPSA) is 67.4 Å². The Kier molecular flexibility index (Phi) is 6.63. The second kappa shape index (κ2) is 9.53. The summed E-state index contributed by atoms with van der Waals surface area (Å²) >= 11 is 0. The van der Waals surface area contributed by atoms with Crippen molar-refractivity contribution in [3.63, 3.8) is 0 Å². The first kappa shape index (κ1) is 25.0. The molecular weight excluding hydrogens is 469 g/mol. The molecule has 1 amide bonds. The lowest BCUT2D eigenvalue weighted by atomic mass is 9.85. The number of carbonyl (C=O) groups is 2. The van der Waals surface area contributed by atoms with Gasteiger partial charge in [-0.1, -0.05) is 6.07 Å². The van der Waals surface area contributed by atoms with Crippen molar-refractivity contribution in [2.45, 2.75) is 32.0 Å². The SMILES string of the molecule is COc1ccc2c(c1)/C(=C/C(=O)c1ccc(NC(=O)c3ccc(C(F)(F)F)cc3)cc1)NC(C)(C)C2. The smallest absolute Gasteiger partial charge is 0.416 e. The fraction of sp³-hybridized carbons (Fsp3) is 0.214. The van der Waals surface area contributed by atoms with Gasteiger partial charge >= 0.3 is 6.18 Å². The Morgan fingerprint density at radius 2 is 1.61 bits per heavy atom. The number of alkyl halides is 3. The number of halogens is 3. The number of anilines is 1. The third-order valence-corrected chi connectivity index (χ3v) is 5.89. The van der Waals surface area contributed by atoms with E-state index in [1.54, 1.807) is 37.5 Å². The van der Waals surface area contributed by atoms with Crippen molar-refractivity contribution in [3.8, 4) is 5.75 Å². The molecule has 0 saturated carbocycles. The van der Waals surface area contributed by atoms with E-state index in [0.29, 0.717) is 22.7 Å². The monoisotopic (exact) mass is 494 g/mol. The predicted octanol–water partition coefficient (Wildman–Crippen LogP) is 6.11. The lowest BCUT2D eigenvalue weighted by molar-refractivity contribution is -0.137. The fourth-order valence-electron chi connectivity index (χ4n) is 4.10. The van der Waals surface area contributed by atoms with E-state index in [1.165, 1.54) is 0 Å². The van der Waals surface area contributed by atoms with E-state index in [0.717, 1.165) is 41.8 Å². The molecule has 1 aliphatic heterocycles. The fourth-order valence-corrected chi connectivity index (χ4v) is 4.10. The molecule has 0 radical (unpaired) electrons.